The minimum atomic E-state index is 0.0394. The summed E-state index contributed by atoms with van der Waals surface area (Å²) in [5.41, 5.74) is 0.690. The topological polar surface area (TPSA) is 49.0 Å². The number of hydrogen-bond donors (Lipinski definition) is 1. The average Bonchev–Trinajstić information content (AvgIpc) is 2.86. The van der Waals surface area contributed by atoms with Crippen LogP contribution < -0.4 is 0 Å². The van der Waals surface area contributed by atoms with E-state index in [9.17, 15) is 4.79 Å². The lowest BCUT2D eigenvalue weighted by Gasteiger charge is -2.21. The first-order valence-electron chi connectivity index (χ1n) is 4.99. The number of aromatic nitrogens is 2. The second-order valence-electron chi connectivity index (χ2n) is 4.41. The normalized spacial score (nSPS) is 25.9. The zero-order valence-corrected chi connectivity index (χ0v) is 9.42. The molecule has 1 aromatic rings. The molecule has 0 radical (unpaired) electrons. The van der Waals surface area contributed by atoms with Gasteiger partial charge in [-0.2, -0.15) is 5.10 Å². The number of carbonyl (C=O) groups excluding carboxylic acids is 1. The van der Waals surface area contributed by atoms with E-state index in [1.54, 1.807) is 12.4 Å². The third-order valence-electron chi connectivity index (χ3n) is 2.91. The van der Waals surface area contributed by atoms with Crippen LogP contribution in [0.4, 0.5) is 0 Å². The number of halogens is 1. The summed E-state index contributed by atoms with van der Waals surface area (Å²) in [6.45, 7) is 3.64. The van der Waals surface area contributed by atoms with Gasteiger partial charge in [0, 0.05) is 30.6 Å². The standard InChI is InChI=1S/C10H14ClN3O/c1-10(6-11)2-3-14(7-10)9(15)8-4-12-13-5-8/h4-5H,2-3,6-7H2,1H3,(H,12,13). The van der Waals surface area contributed by atoms with Gasteiger partial charge in [-0.25, -0.2) is 0 Å². The van der Waals surface area contributed by atoms with E-state index in [0.29, 0.717) is 11.4 Å². The highest BCUT2D eigenvalue weighted by atomic mass is 35.5. The molecular weight excluding hydrogens is 214 g/mol. The molecule has 2 heterocycles. The summed E-state index contributed by atoms with van der Waals surface area (Å²) < 4.78 is 0. The number of hydrogen-bond acceptors (Lipinski definition) is 2. The largest absolute Gasteiger partial charge is 0.338 e. The number of aromatic amines is 1. The van der Waals surface area contributed by atoms with E-state index in [4.69, 9.17) is 11.6 Å². The molecule has 0 aliphatic carbocycles. The van der Waals surface area contributed by atoms with Crippen molar-refractivity contribution in [1.29, 1.82) is 0 Å². The van der Waals surface area contributed by atoms with Crippen molar-refractivity contribution in [2.45, 2.75) is 13.3 Å². The summed E-state index contributed by atoms with van der Waals surface area (Å²) in [5.74, 6) is 0.639. The van der Waals surface area contributed by atoms with Crippen LogP contribution in [0.2, 0.25) is 0 Å². The fourth-order valence-corrected chi connectivity index (χ4v) is 2.07. The molecule has 1 aliphatic rings. The SMILES string of the molecule is CC1(CCl)CCN(C(=O)c2cn[nH]c2)C1. The Bertz CT molecular complexity index is 352. The van der Waals surface area contributed by atoms with Gasteiger partial charge in [-0.1, -0.05) is 6.92 Å². The van der Waals surface area contributed by atoms with Crippen molar-refractivity contribution in [2.24, 2.45) is 5.41 Å². The maximum Gasteiger partial charge on any atom is 0.257 e. The first kappa shape index (κ1) is 10.5. The van der Waals surface area contributed by atoms with Crippen molar-refractivity contribution >= 4 is 17.5 Å². The molecule has 1 fully saturated rings. The second kappa shape index (κ2) is 3.85. The molecule has 1 unspecified atom stereocenters. The van der Waals surface area contributed by atoms with E-state index >= 15 is 0 Å². The van der Waals surface area contributed by atoms with Crippen LogP contribution in [0.15, 0.2) is 12.4 Å². The van der Waals surface area contributed by atoms with Crippen LogP contribution in [0.3, 0.4) is 0 Å². The van der Waals surface area contributed by atoms with Gasteiger partial charge in [0.2, 0.25) is 0 Å². The highest BCUT2D eigenvalue weighted by Crippen LogP contribution is 2.31. The number of alkyl halides is 1. The van der Waals surface area contributed by atoms with Crippen molar-refractivity contribution < 1.29 is 4.79 Å². The molecule has 1 atom stereocenters. The van der Waals surface area contributed by atoms with E-state index in [1.165, 1.54) is 0 Å². The third kappa shape index (κ3) is 2.00. The quantitative estimate of drug-likeness (QED) is 0.779. The summed E-state index contributed by atoms with van der Waals surface area (Å²) in [6, 6.07) is 0. The van der Waals surface area contributed by atoms with E-state index in [0.717, 1.165) is 19.5 Å². The lowest BCUT2D eigenvalue weighted by molar-refractivity contribution is 0.0779. The molecule has 1 aliphatic heterocycles. The van der Waals surface area contributed by atoms with Crippen molar-refractivity contribution in [1.82, 2.24) is 15.1 Å². The van der Waals surface area contributed by atoms with Crippen LogP contribution in [-0.2, 0) is 0 Å². The Hall–Kier alpha value is -1.03. The first-order chi connectivity index (χ1) is 7.14. The Kier molecular flexibility index (Phi) is 2.69. The Morgan fingerprint density at radius 1 is 1.80 bits per heavy atom. The highest BCUT2D eigenvalue weighted by Gasteiger charge is 2.35. The third-order valence-corrected chi connectivity index (χ3v) is 3.56. The van der Waals surface area contributed by atoms with E-state index < -0.39 is 0 Å². The zero-order chi connectivity index (χ0) is 10.9. The molecule has 1 aromatic heterocycles. The monoisotopic (exact) mass is 227 g/mol. The van der Waals surface area contributed by atoms with Gasteiger partial charge in [-0.3, -0.25) is 9.89 Å². The first-order valence-corrected chi connectivity index (χ1v) is 5.52. The number of nitrogens with zero attached hydrogens (tertiary/aromatic N) is 2. The van der Waals surface area contributed by atoms with Crippen molar-refractivity contribution in [2.75, 3.05) is 19.0 Å². The highest BCUT2D eigenvalue weighted by molar-refractivity contribution is 6.18. The number of carbonyl (C=O) groups is 1. The molecule has 0 spiro atoms. The van der Waals surface area contributed by atoms with Crippen LogP contribution in [0.1, 0.15) is 23.7 Å². The predicted octanol–water partition coefficient (Wildman–Crippen LogP) is 1.50. The minimum Gasteiger partial charge on any atom is -0.338 e. The van der Waals surface area contributed by atoms with Crippen molar-refractivity contribution in [3.05, 3.63) is 18.0 Å². The maximum atomic E-state index is 11.9. The molecule has 0 aromatic carbocycles. The fraction of sp³-hybridized carbons (Fsp3) is 0.600. The number of likely N-dealkylation sites (tertiary alicyclic amines) is 1. The Morgan fingerprint density at radius 2 is 2.60 bits per heavy atom. The van der Waals surface area contributed by atoms with Crippen LogP contribution in [0.5, 0.6) is 0 Å². The van der Waals surface area contributed by atoms with Gasteiger partial charge >= 0.3 is 0 Å². The van der Waals surface area contributed by atoms with E-state index in [-0.39, 0.29) is 11.3 Å². The Balaban J connectivity index is 2.06. The Morgan fingerprint density at radius 3 is 3.13 bits per heavy atom. The Labute approximate surface area is 93.6 Å². The molecule has 5 heteroatoms. The molecular formula is C10H14ClN3O. The molecule has 2 rings (SSSR count). The van der Waals surface area contributed by atoms with Gasteiger partial charge in [-0.05, 0) is 6.42 Å². The molecule has 1 saturated heterocycles. The molecule has 4 nitrogen and oxygen atoms in total. The molecule has 0 bridgehead atoms. The van der Waals surface area contributed by atoms with E-state index in [1.807, 2.05) is 4.90 Å². The lowest BCUT2D eigenvalue weighted by atomic mass is 9.93. The van der Waals surface area contributed by atoms with Gasteiger partial charge in [-0.15, -0.1) is 11.6 Å². The van der Waals surface area contributed by atoms with Crippen LogP contribution >= 0.6 is 11.6 Å². The summed E-state index contributed by atoms with van der Waals surface area (Å²) >= 11 is 5.89. The van der Waals surface area contributed by atoms with Crippen LogP contribution in [0, 0.1) is 5.41 Å². The maximum absolute atomic E-state index is 11.9. The van der Waals surface area contributed by atoms with Gasteiger partial charge in [0.05, 0.1) is 11.8 Å². The molecule has 15 heavy (non-hydrogen) atoms. The predicted molar refractivity (Wildman–Crippen MR) is 57.9 cm³/mol. The molecule has 1 amide bonds. The van der Waals surface area contributed by atoms with Gasteiger partial charge < -0.3 is 4.90 Å². The van der Waals surface area contributed by atoms with E-state index in [2.05, 4.69) is 17.1 Å². The number of amides is 1. The second-order valence-corrected chi connectivity index (χ2v) is 4.68. The number of rotatable bonds is 2. The smallest absolute Gasteiger partial charge is 0.257 e. The summed E-state index contributed by atoms with van der Waals surface area (Å²) in [5, 5.41) is 6.42. The van der Waals surface area contributed by atoms with Gasteiger partial charge in [0.1, 0.15) is 0 Å². The lowest BCUT2D eigenvalue weighted by Crippen LogP contribution is -2.31. The van der Waals surface area contributed by atoms with Crippen molar-refractivity contribution in [3.8, 4) is 0 Å². The van der Waals surface area contributed by atoms with Crippen LogP contribution in [-0.4, -0.2) is 40.0 Å². The average molecular weight is 228 g/mol. The minimum absolute atomic E-state index is 0.0394. The molecule has 1 N–H and O–H groups in total. The fourth-order valence-electron chi connectivity index (χ4n) is 1.86. The summed E-state index contributed by atoms with van der Waals surface area (Å²) in [6.07, 6.45) is 4.15. The zero-order valence-electron chi connectivity index (χ0n) is 8.66. The molecule has 82 valence electrons. The summed E-state index contributed by atoms with van der Waals surface area (Å²) in [7, 11) is 0. The number of nitrogens with one attached hydrogen (secondary N) is 1. The van der Waals surface area contributed by atoms with Gasteiger partial charge in [0.15, 0.2) is 0 Å². The summed E-state index contributed by atoms with van der Waals surface area (Å²) in [4.78, 5) is 13.8. The van der Waals surface area contributed by atoms with Crippen molar-refractivity contribution in [3.63, 3.8) is 0 Å². The number of H-pyrrole nitrogens is 1. The van der Waals surface area contributed by atoms with Crippen LogP contribution in [0.25, 0.3) is 0 Å². The van der Waals surface area contributed by atoms with Gasteiger partial charge in [0.25, 0.3) is 5.91 Å². The molecule has 0 saturated carbocycles.